The van der Waals surface area contributed by atoms with Crippen LogP contribution in [-0.2, 0) is 18.5 Å². The molecule has 0 aliphatic rings. The molecule has 0 N–H and O–H groups in total. The Balaban J connectivity index is 2.67. The summed E-state index contributed by atoms with van der Waals surface area (Å²) in [4.78, 5) is 12.1. The van der Waals surface area contributed by atoms with Crippen LogP contribution in [0.1, 0.15) is 27.2 Å². The minimum atomic E-state index is -2.95. The molecule has 0 heterocycles. The monoisotopic (exact) mass is 452 g/mol. The van der Waals surface area contributed by atoms with E-state index < -0.39 is 26.9 Å². The lowest BCUT2D eigenvalue weighted by Gasteiger charge is -2.45. The Bertz CT molecular complexity index is 807. The van der Waals surface area contributed by atoms with Crippen LogP contribution < -0.4 is 10.4 Å². The van der Waals surface area contributed by atoms with Crippen molar-refractivity contribution in [3.05, 3.63) is 60.7 Å². The van der Waals surface area contributed by atoms with Crippen molar-refractivity contribution in [2.45, 2.75) is 38.3 Å². The van der Waals surface area contributed by atoms with Gasteiger partial charge in [0.1, 0.15) is 0 Å². The summed E-state index contributed by atoms with van der Waals surface area (Å²) in [6.45, 7) is 5.02. The highest BCUT2D eigenvalue weighted by Gasteiger charge is 2.51. The van der Waals surface area contributed by atoms with Crippen molar-refractivity contribution in [3.63, 3.8) is 0 Å². The molecule has 2 rings (SSSR count). The van der Waals surface area contributed by atoms with Gasteiger partial charge >= 0.3 is 5.97 Å². The molecule has 2 aromatic rings. The SMILES string of the molecule is COC(=O)CC(CP(C)(=O)Cl)O[Si](c1ccccc1)(c1ccccc1)C(C)(C)C. The van der Waals surface area contributed by atoms with Gasteiger partial charge in [-0.15, -0.1) is 0 Å². The summed E-state index contributed by atoms with van der Waals surface area (Å²) >= 11 is 6.13. The van der Waals surface area contributed by atoms with Crippen LogP contribution in [0.3, 0.4) is 0 Å². The summed E-state index contributed by atoms with van der Waals surface area (Å²) < 4.78 is 24.2. The number of carbonyl (C=O) groups is 1. The zero-order chi connectivity index (χ0) is 21.7. The fourth-order valence-electron chi connectivity index (χ4n) is 3.72. The Morgan fingerprint density at radius 2 is 1.48 bits per heavy atom. The highest BCUT2D eigenvalue weighted by molar-refractivity contribution is 7.88. The maximum atomic E-state index is 12.5. The molecular weight excluding hydrogens is 423 g/mol. The second-order valence-electron chi connectivity index (χ2n) is 8.35. The molecule has 2 unspecified atom stereocenters. The van der Waals surface area contributed by atoms with Gasteiger partial charge in [-0.05, 0) is 15.4 Å². The van der Waals surface area contributed by atoms with Gasteiger partial charge in [0.05, 0.1) is 19.6 Å². The van der Waals surface area contributed by atoms with E-state index in [9.17, 15) is 9.36 Å². The third kappa shape index (κ3) is 6.05. The molecule has 2 aromatic carbocycles. The van der Waals surface area contributed by atoms with E-state index in [4.69, 9.17) is 20.4 Å². The molecular formula is C22H30ClO4PSi. The first-order valence-electron chi connectivity index (χ1n) is 9.61. The molecule has 0 saturated heterocycles. The lowest BCUT2D eigenvalue weighted by atomic mass is 10.2. The zero-order valence-corrected chi connectivity index (χ0v) is 20.4. The standard InChI is InChI=1S/C22H30ClO4PSi/c1-22(2,3)29(19-12-8-6-9-13-19,20-14-10-7-11-15-20)27-18(16-21(24)26-4)17-28(5,23)25/h6-15,18H,16-17H2,1-5H3. The van der Waals surface area contributed by atoms with Crippen molar-refractivity contribution in [2.24, 2.45) is 0 Å². The molecule has 0 fully saturated rings. The third-order valence-electron chi connectivity index (χ3n) is 4.91. The van der Waals surface area contributed by atoms with E-state index >= 15 is 0 Å². The number of benzene rings is 2. The number of esters is 1. The van der Waals surface area contributed by atoms with Gasteiger partial charge in [0, 0.05) is 12.8 Å². The van der Waals surface area contributed by atoms with E-state index in [1.54, 1.807) is 0 Å². The van der Waals surface area contributed by atoms with Crippen molar-refractivity contribution in [1.29, 1.82) is 0 Å². The molecule has 0 amide bonds. The minimum Gasteiger partial charge on any atom is -0.469 e. The van der Waals surface area contributed by atoms with Crippen LogP contribution in [0.25, 0.3) is 0 Å². The Hall–Kier alpha value is -1.39. The Kier molecular flexibility index (Phi) is 7.91. The molecule has 0 radical (unpaired) electrons. The topological polar surface area (TPSA) is 52.6 Å². The molecule has 7 heteroatoms. The van der Waals surface area contributed by atoms with Crippen LogP contribution in [0, 0.1) is 0 Å². The van der Waals surface area contributed by atoms with Gasteiger partial charge in [0.2, 0.25) is 0 Å². The van der Waals surface area contributed by atoms with Gasteiger partial charge in [0.25, 0.3) is 8.32 Å². The van der Waals surface area contributed by atoms with Gasteiger partial charge in [-0.1, -0.05) is 92.7 Å². The largest absolute Gasteiger partial charge is 0.469 e. The van der Waals surface area contributed by atoms with Crippen molar-refractivity contribution in [3.8, 4) is 0 Å². The molecule has 4 nitrogen and oxygen atoms in total. The summed E-state index contributed by atoms with van der Waals surface area (Å²) in [5.41, 5.74) is 0. The van der Waals surface area contributed by atoms with Gasteiger partial charge in [-0.2, -0.15) is 0 Å². The lowest BCUT2D eigenvalue weighted by Crippen LogP contribution is -2.68. The van der Waals surface area contributed by atoms with Gasteiger partial charge < -0.3 is 13.7 Å². The number of ether oxygens (including phenoxy) is 1. The third-order valence-corrected chi connectivity index (χ3v) is 11.5. The zero-order valence-electron chi connectivity index (χ0n) is 17.7. The lowest BCUT2D eigenvalue weighted by molar-refractivity contribution is -0.142. The van der Waals surface area contributed by atoms with Gasteiger partial charge in [-0.25, -0.2) is 0 Å². The van der Waals surface area contributed by atoms with Crippen LogP contribution in [0.4, 0.5) is 0 Å². The quantitative estimate of drug-likeness (QED) is 0.332. The summed E-state index contributed by atoms with van der Waals surface area (Å²) in [6.07, 6.45) is -0.498. The number of methoxy groups -OCH3 is 1. The van der Waals surface area contributed by atoms with Crippen molar-refractivity contribution >= 4 is 42.4 Å². The number of hydrogen-bond acceptors (Lipinski definition) is 4. The van der Waals surface area contributed by atoms with Crippen molar-refractivity contribution in [2.75, 3.05) is 19.9 Å². The second-order valence-corrected chi connectivity index (χ2v) is 17.1. The van der Waals surface area contributed by atoms with Gasteiger partial charge in [-0.3, -0.25) is 4.79 Å². The first-order chi connectivity index (χ1) is 13.5. The number of halogens is 1. The van der Waals surface area contributed by atoms with Crippen LogP contribution in [0.15, 0.2) is 60.7 Å². The molecule has 0 saturated carbocycles. The summed E-state index contributed by atoms with van der Waals surface area (Å²) in [5.74, 6) is -0.405. The molecule has 29 heavy (non-hydrogen) atoms. The highest BCUT2D eigenvalue weighted by Crippen LogP contribution is 2.49. The molecule has 2 atom stereocenters. The normalized spacial score (nSPS) is 15.4. The van der Waals surface area contributed by atoms with Crippen molar-refractivity contribution < 1.29 is 18.5 Å². The second kappa shape index (κ2) is 9.61. The molecule has 158 valence electrons. The van der Waals surface area contributed by atoms with E-state index in [0.717, 1.165) is 10.4 Å². The first-order valence-corrected chi connectivity index (χ1v) is 14.8. The number of rotatable bonds is 8. The minimum absolute atomic E-state index is 0.00550. The maximum Gasteiger partial charge on any atom is 0.308 e. The molecule has 0 bridgehead atoms. The fourth-order valence-corrected chi connectivity index (χ4v) is 9.93. The van der Waals surface area contributed by atoms with E-state index in [-0.39, 0.29) is 17.6 Å². The van der Waals surface area contributed by atoms with Crippen LogP contribution in [-0.4, -0.2) is 40.3 Å². The van der Waals surface area contributed by atoms with E-state index in [2.05, 4.69) is 45.0 Å². The predicted octanol–water partition coefficient (Wildman–Crippen LogP) is 4.64. The molecule has 0 spiro atoms. The Morgan fingerprint density at radius 1 is 1.03 bits per heavy atom. The molecule has 0 aromatic heterocycles. The Morgan fingerprint density at radius 3 is 1.83 bits per heavy atom. The highest BCUT2D eigenvalue weighted by atomic mass is 35.7. The molecule has 0 aliphatic heterocycles. The average molecular weight is 453 g/mol. The average Bonchev–Trinajstić information content (AvgIpc) is 2.65. The van der Waals surface area contributed by atoms with E-state index in [1.165, 1.54) is 13.8 Å². The summed E-state index contributed by atoms with van der Waals surface area (Å²) in [5, 5.41) is 1.93. The van der Waals surface area contributed by atoms with Crippen LogP contribution >= 0.6 is 17.7 Å². The summed E-state index contributed by atoms with van der Waals surface area (Å²) in [6, 6.07) is 20.2. The predicted molar refractivity (Wildman–Crippen MR) is 123 cm³/mol. The van der Waals surface area contributed by atoms with Crippen molar-refractivity contribution in [1.82, 2.24) is 0 Å². The first kappa shape index (κ1) is 23.9. The number of carbonyl (C=O) groups excluding carboxylic acids is 1. The van der Waals surface area contributed by atoms with E-state index in [0.29, 0.717) is 0 Å². The van der Waals surface area contributed by atoms with Crippen LogP contribution in [0.5, 0.6) is 0 Å². The smallest absolute Gasteiger partial charge is 0.308 e. The Labute approximate surface area is 179 Å². The van der Waals surface area contributed by atoms with E-state index in [1.807, 2.05) is 36.4 Å². The molecule has 0 aliphatic carbocycles. The maximum absolute atomic E-state index is 12.5. The van der Waals surface area contributed by atoms with Crippen LogP contribution in [0.2, 0.25) is 5.04 Å². The number of hydrogen-bond donors (Lipinski definition) is 0. The summed E-state index contributed by atoms with van der Waals surface area (Å²) in [7, 11) is -1.54. The van der Waals surface area contributed by atoms with Gasteiger partial charge in [0.15, 0.2) is 6.49 Å². The fraction of sp³-hybridized carbons (Fsp3) is 0.409.